The summed E-state index contributed by atoms with van der Waals surface area (Å²) < 4.78 is 18.1. The zero-order chi connectivity index (χ0) is 25.7. The third-order valence-electron chi connectivity index (χ3n) is 5.16. The fourth-order valence-corrected chi connectivity index (χ4v) is 3.92. The smallest absolute Gasteiger partial charge is 0.344 e. The van der Waals surface area contributed by atoms with E-state index in [1.165, 1.54) is 18.0 Å². The first-order chi connectivity index (χ1) is 16.6. The van der Waals surface area contributed by atoms with Crippen LogP contribution in [0.4, 0.5) is 0 Å². The SMILES string of the molecule is CC[C@@H](C)c1nc2ccc(Br)cc2c(=O)n1N=Cc1cc(Cl)c(OCC(=O)OC(C)C)c(OC)c1. The van der Waals surface area contributed by atoms with E-state index in [1.54, 1.807) is 38.1 Å². The lowest BCUT2D eigenvalue weighted by atomic mass is 10.1. The maximum Gasteiger partial charge on any atom is 0.344 e. The van der Waals surface area contributed by atoms with Gasteiger partial charge in [0.2, 0.25) is 0 Å². The molecule has 0 fully saturated rings. The molecule has 0 unspecified atom stereocenters. The van der Waals surface area contributed by atoms with Crippen molar-refractivity contribution in [1.82, 2.24) is 9.66 Å². The van der Waals surface area contributed by atoms with E-state index in [0.29, 0.717) is 28.0 Å². The number of nitrogens with zero attached hydrogens (tertiary/aromatic N) is 3. The molecule has 186 valence electrons. The molecule has 8 nitrogen and oxygen atoms in total. The van der Waals surface area contributed by atoms with Crippen LogP contribution in [0.25, 0.3) is 10.9 Å². The average Bonchev–Trinajstić information content (AvgIpc) is 2.81. The summed E-state index contributed by atoms with van der Waals surface area (Å²) in [4.78, 5) is 29.8. The van der Waals surface area contributed by atoms with Gasteiger partial charge in [0, 0.05) is 10.4 Å². The highest BCUT2D eigenvalue weighted by atomic mass is 79.9. The Morgan fingerprint density at radius 1 is 1.26 bits per heavy atom. The highest BCUT2D eigenvalue weighted by molar-refractivity contribution is 9.10. The Morgan fingerprint density at radius 2 is 2.00 bits per heavy atom. The summed E-state index contributed by atoms with van der Waals surface area (Å²) >= 11 is 9.82. The highest BCUT2D eigenvalue weighted by Gasteiger charge is 2.17. The minimum absolute atomic E-state index is 0.00684. The van der Waals surface area contributed by atoms with Crippen LogP contribution < -0.4 is 15.0 Å². The zero-order valence-electron chi connectivity index (χ0n) is 20.2. The van der Waals surface area contributed by atoms with Crippen LogP contribution in [0, 0.1) is 0 Å². The van der Waals surface area contributed by atoms with E-state index in [-0.39, 0.29) is 35.0 Å². The number of esters is 1. The number of ether oxygens (including phenoxy) is 3. The number of aromatic nitrogens is 2. The maximum atomic E-state index is 13.3. The van der Waals surface area contributed by atoms with Crippen LogP contribution in [0.3, 0.4) is 0 Å². The monoisotopic (exact) mass is 563 g/mol. The molecule has 3 rings (SSSR count). The van der Waals surface area contributed by atoms with Crippen molar-refractivity contribution in [2.24, 2.45) is 5.10 Å². The van der Waals surface area contributed by atoms with Crippen LogP contribution in [-0.2, 0) is 9.53 Å². The standard InChI is InChI=1S/C25H27BrClN3O5/c1-6-15(4)24-29-20-8-7-17(26)11-18(20)25(32)30(24)28-12-16-9-19(27)23(21(10-16)33-5)34-13-22(31)35-14(2)3/h7-12,14-15H,6,13H2,1-5H3/t15-/m1/s1. The van der Waals surface area contributed by atoms with Gasteiger partial charge in [-0.15, -0.1) is 0 Å². The van der Waals surface area contributed by atoms with Crippen molar-refractivity contribution in [3.63, 3.8) is 0 Å². The Balaban J connectivity index is 1.99. The minimum atomic E-state index is -0.517. The molecule has 1 atom stereocenters. The second-order valence-electron chi connectivity index (χ2n) is 8.16. The molecular formula is C25H27BrClN3O5. The lowest BCUT2D eigenvalue weighted by molar-refractivity contribution is -0.149. The van der Waals surface area contributed by atoms with E-state index >= 15 is 0 Å². The van der Waals surface area contributed by atoms with Gasteiger partial charge >= 0.3 is 5.97 Å². The second kappa shape index (κ2) is 11.7. The Bertz CT molecular complexity index is 1320. The van der Waals surface area contributed by atoms with Gasteiger partial charge in [-0.25, -0.2) is 9.78 Å². The van der Waals surface area contributed by atoms with Crippen molar-refractivity contribution >= 4 is 50.6 Å². The number of hydrogen-bond donors (Lipinski definition) is 0. The van der Waals surface area contributed by atoms with E-state index in [9.17, 15) is 9.59 Å². The number of carbonyl (C=O) groups is 1. The summed E-state index contributed by atoms with van der Waals surface area (Å²) in [7, 11) is 1.46. The summed E-state index contributed by atoms with van der Waals surface area (Å²) in [6.45, 7) is 7.21. The molecule has 0 saturated carbocycles. The molecule has 1 heterocycles. The molecule has 0 bridgehead atoms. The molecular weight excluding hydrogens is 538 g/mol. The summed E-state index contributed by atoms with van der Waals surface area (Å²) in [6, 6.07) is 8.64. The largest absolute Gasteiger partial charge is 0.493 e. The lowest BCUT2D eigenvalue weighted by Crippen LogP contribution is -2.23. The summed E-state index contributed by atoms with van der Waals surface area (Å²) in [5.74, 6) is 0.571. The van der Waals surface area contributed by atoms with Gasteiger partial charge in [0.1, 0.15) is 5.82 Å². The number of benzene rings is 2. The first-order valence-corrected chi connectivity index (χ1v) is 12.3. The molecule has 3 aromatic rings. The predicted molar refractivity (Wildman–Crippen MR) is 140 cm³/mol. The summed E-state index contributed by atoms with van der Waals surface area (Å²) in [5, 5.41) is 5.13. The third kappa shape index (κ3) is 6.41. The van der Waals surface area contributed by atoms with Crippen molar-refractivity contribution in [1.29, 1.82) is 0 Å². The van der Waals surface area contributed by atoms with E-state index < -0.39 is 5.97 Å². The van der Waals surface area contributed by atoms with Crippen molar-refractivity contribution in [2.75, 3.05) is 13.7 Å². The number of carbonyl (C=O) groups excluding carboxylic acids is 1. The van der Waals surface area contributed by atoms with Gasteiger partial charge in [-0.1, -0.05) is 41.4 Å². The third-order valence-corrected chi connectivity index (χ3v) is 5.94. The van der Waals surface area contributed by atoms with Gasteiger partial charge in [0.15, 0.2) is 18.1 Å². The first-order valence-electron chi connectivity index (χ1n) is 11.1. The molecule has 0 radical (unpaired) electrons. The molecule has 2 aromatic carbocycles. The molecule has 0 spiro atoms. The molecule has 0 N–H and O–H groups in total. The molecule has 10 heteroatoms. The van der Waals surface area contributed by atoms with Gasteiger partial charge in [-0.3, -0.25) is 4.79 Å². The van der Waals surface area contributed by atoms with Gasteiger partial charge in [0.05, 0.1) is 35.4 Å². The number of fused-ring (bicyclic) bond motifs is 1. The van der Waals surface area contributed by atoms with Crippen LogP contribution in [0.15, 0.2) is 44.7 Å². The highest BCUT2D eigenvalue weighted by Crippen LogP contribution is 2.36. The number of methoxy groups -OCH3 is 1. The van der Waals surface area contributed by atoms with Crippen LogP contribution >= 0.6 is 27.5 Å². The number of rotatable bonds is 9. The molecule has 0 saturated heterocycles. The second-order valence-corrected chi connectivity index (χ2v) is 9.49. The van der Waals surface area contributed by atoms with Gasteiger partial charge in [-0.2, -0.15) is 9.78 Å². The maximum absolute atomic E-state index is 13.3. The van der Waals surface area contributed by atoms with Gasteiger partial charge in [-0.05, 0) is 56.2 Å². The van der Waals surface area contributed by atoms with E-state index in [2.05, 4.69) is 21.0 Å². The summed E-state index contributed by atoms with van der Waals surface area (Å²) in [6.07, 6.45) is 2.04. The molecule has 1 aromatic heterocycles. The Morgan fingerprint density at radius 3 is 2.66 bits per heavy atom. The number of halogens is 2. The fraction of sp³-hybridized carbons (Fsp3) is 0.360. The Labute approximate surface area is 217 Å². The van der Waals surface area contributed by atoms with Crippen molar-refractivity contribution in [3.8, 4) is 11.5 Å². The topological polar surface area (TPSA) is 92.0 Å². The van der Waals surface area contributed by atoms with E-state index in [4.69, 9.17) is 30.8 Å². The van der Waals surface area contributed by atoms with Crippen molar-refractivity contribution in [2.45, 2.75) is 46.1 Å². The average molecular weight is 565 g/mol. The quantitative estimate of drug-likeness (QED) is 0.250. The normalized spacial score (nSPS) is 12.3. The van der Waals surface area contributed by atoms with Gasteiger partial charge < -0.3 is 14.2 Å². The molecule has 35 heavy (non-hydrogen) atoms. The Hall–Kier alpha value is -2.91. The predicted octanol–water partition coefficient (Wildman–Crippen LogP) is 5.55. The van der Waals surface area contributed by atoms with E-state index in [1.807, 2.05) is 19.9 Å². The van der Waals surface area contributed by atoms with Crippen LogP contribution in [0.2, 0.25) is 5.02 Å². The van der Waals surface area contributed by atoms with Crippen molar-refractivity contribution in [3.05, 3.63) is 61.6 Å². The Kier molecular flexibility index (Phi) is 8.91. The molecule has 0 aliphatic heterocycles. The lowest BCUT2D eigenvalue weighted by Gasteiger charge is -2.15. The molecule has 0 aliphatic carbocycles. The minimum Gasteiger partial charge on any atom is -0.493 e. The fourth-order valence-electron chi connectivity index (χ4n) is 3.29. The van der Waals surface area contributed by atoms with Gasteiger partial charge in [0.25, 0.3) is 5.56 Å². The first kappa shape index (κ1) is 26.7. The van der Waals surface area contributed by atoms with Crippen LogP contribution in [0.1, 0.15) is 51.4 Å². The molecule has 0 amide bonds. The molecule has 0 aliphatic rings. The van der Waals surface area contributed by atoms with Crippen LogP contribution in [0.5, 0.6) is 11.5 Å². The van der Waals surface area contributed by atoms with E-state index in [0.717, 1.165) is 10.9 Å². The zero-order valence-corrected chi connectivity index (χ0v) is 22.5. The van der Waals surface area contributed by atoms with Crippen molar-refractivity contribution < 1.29 is 19.0 Å². The van der Waals surface area contributed by atoms with Crippen LogP contribution in [-0.4, -0.2) is 41.7 Å². The number of hydrogen-bond acceptors (Lipinski definition) is 7. The summed E-state index contributed by atoms with van der Waals surface area (Å²) in [5.41, 5.74) is 0.909.